The molecule has 0 fully saturated rings. The van der Waals surface area contributed by atoms with Crippen LogP contribution in [-0.4, -0.2) is 5.91 Å². The fraction of sp³-hybridized carbons (Fsp3) is 0.118. The zero-order chi connectivity index (χ0) is 15.8. The largest absolute Gasteiger partial charge is 0.488 e. The average molecular weight is 293 g/mol. The molecule has 0 aliphatic heterocycles. The first-order valence-electron chi connectivity index (χ1n) is 6.74. The number of hydrogen-bond donors (Lipinski definition) is 0. The Kier molecular flexibility index (Phi) is 5.35. The van der Waals surface area contributed by atoms with E-state index in [9.17, 15) is 4.79 Å². The van der Waals surface area contributed by atoms with Crippen LogP contribution in [0.2, 0.25) is 0 Å². The third kappa shape index (κ3) is 4.23. The highest BCUT2D eigenvalue weighted by atomic mass is 16.5. The first-order valence-corrected chi connectivity index (χ1v) is 6.74. The molecule has 1 amide bonds. The number of amides is 1. The number of ether oxygens (including phenoxy) is 1. The lowest BCUT2D eigenvalue weighted by Crippen LogP contribution is -1.98. The molecule has 5 heteroatoms. The SMILES string of the molecule is Cc1cccc(C=CC(=O)N=[N+]=[N-])c1OCc1ccccc1. The number of nitrogens with zero attached hydrogens (tertiary/aromatic N) is 3. The predicted molar refractivity (Wildman–Crippen MR) is 85.1 cm³/mol. The summed E-state index contributed by atoms with van der Waals surface area (Å²) in [5.74, 6) is 0.0642. The van der Waals surface area contributed by atoms with Gasteiger partial charge < -0.3 is 4.74 Å². The second-order valence-electron chi connectivity index (χ2n) is 4.63. The molecule has 0 aromatic heterocycles. The van der Waals surface area contributed by atoms with Crippen LogP contribution in [0.3, 0.4) is 0 Å². The Hall–Kier alpha value is -3.04. The molecule has 0 aliphatic rings. The standard InChI is InChI=1S/C17H15N3O2/c1-13-6-5-9-15(10-11-16(21)19-20-18)17(13)22-12-14-7-3-2-4-8-14/h2-11H,12H2,1H3. The predicted octanol–water partition coefficient (Wildman–Crippen LogP) is 4.42. The van der Waals surface area contributed by atoms with Crippen LogP contribution in [0.25, 0.3) is 16.5 Å². The van der Waals surface area contributed by atoms with Crippen molar-refractivity contribution in [3.63, 3.8) is 0 Å². The van der Waals surface area contributed by atoms with Gasteiger partial charge in [-0.1, -0.05) is 48.5 Å². The van der Waals surface area contributed by atoms with Gasteiger partial charge in [-0.3, -0.25) is 4.79 Å². The lowest BCUT2D eigenvalue weighted by atomic mass is 10.1. The monoisotopic (exact) mass is 293 g/mol. The molecule has 5 nitrogen and oxygen atoms in total. The van der Waals surface area contributed by atoms with Crippen molar-refractivity contribution in [1.29, 1.82) is 0 Å². The molecule has 2 aromatic carbocycles. The zero-order valence-corrected chi connectivity index (χ0v) is 12.1. The quantitative estimate of drug-likeness (QED) is 0.354. The maximum absolute atomic E-state index is 11.2. The van der Waals surface area contributed by atoms with Gasteiger partial charge in [-0.05, 0) is 40.8 Å². The van der Waals surface area contributed by atoms with Crippen LogP contribution >= 0.6 is 0 Å². The molecular weight excluding hydrogens is 278 g/mol. The third-order valence-electron chi connectivity index (χ3n) is 3.02. The number of hydrogen-bond acceptors (Lipinski definition) is 2. The van der Waals surface area contributed by atoms with Crippen LogP contribution in [0, 0.1) is 6.92 Å². The number of rotatable bonds is 5. The minimum Gasteiger partial charge on any atom is -0.488 e. The van der Waals surface area contributed by atoms with Crippen LogP contribution in [0.4, 0.5) is 0 Å². The topological polar surface area (TPSA) is 75.1 Å². The molecule has 22 heavy (non-hydrogen) atoms. The first-order chi connectivity index (χ1) is 10.7. The number of carbonyl (C=O) groups is 1. The van der Waals surface area contributed by atoms with Crippen molar-refractivity contribution in [3.05, 3.63) is 81.7 Å². The maximum atomic E-state index is 11.2. The Morgan fingerprint density at radius 1 is 1.23 bits per heavy atom. The van der Waals surface area contributed by atoms with E-state index in [-0.39, 0.29) is 0 Å². The average Bonchev–Trinajstić information content (AvgIpc) is 2.53. The Morgan fingerprint density at radius 2 is 2.00 bits per heavy atom. The summed E-state index contributed by atoms with van der Waals surface area (Å²) < 4.78 is 5.88. The van der Waals surface area contributed by atoms with Crippen molar-refractivity contribution in [2.75, 3.05) is 0 Å². The van der Waals surface area contributed by atoms with Gasteiger partial charge in [0.25, 0.3) is 0 Å². The smallest absolute Gasteiger partial charge is 0.242 e. The van der Waals surface area contributed by atoms with Gasteiger partial charge in [0.2, 0.25) is 5.91 Å². The normalized spacial score (nSPS) is 10.2. The molecule has 110 valence electrons. The first kappa shape index (κ1) is 15.4. The van der Waals surface area contributed by atoms with Crippen LogP contribution in [0.15, 0.2) is 59.7 Å². The minimum absolute atomic E-state index is 0.441. The van der Waals surface area contributed by atoms with Gasteiger partial charge >= 0.3 is 0 Å². The molecule has 0 aliphatic carbocycles. The van der Waals surface area contributed by atoms with Crippen LogP contribution in [0.5, 0.6) is 5.75 Å². The summed E-state index contributed by atoms with van der Waals surface area (Å²) >= 11 is 0. The van der Waals surface area contributed by atoms with E-state index in [0.29, 0.717) is 12.4 Å². The lowest BCUT2D eigenvalue weighted by Gasteiger charge is -2.12. The number of azide groups is 1. The molecule has 0 atom stereocenters. The summed E-state index contributed by atoms with van der Waals surface area (Å²) in [6, 6.07) is 15.5. The Balaban J connectivity index is 2.19. The van der Waals surface area contributed by atoms with Gasteiger partial charge in [-0.2, -0.15) is 0 Å². The number of aryl methyl sites for hydroxylation is 1. The highest BCUT2D eigenvalue weighted by Crippen LogP contribution is 2.25. The van der Waals surface area contributed by atoms with E-state index in [4.69, 9.17) is 10.3 Å². The molecule has 0 saturated heterocycles. The van der Waals surface area contributed by atoms with Gasteiger partial charge in [0, 0.05) is 10.5 Å². The van der Waals surface area contributed by atoms with Gasteiger partial charge in [-0.15, -0.1) is 0 Å². The van der Waals surface area contributed by atoms with Gasteiger partial charge in [0.05, 0.1) is 0 Å². The second kappa shape index (κ2) is 7.67. The second-order valence-corrected chi connectivity index (χ2v) is 4.63. The van der Waals surface area contributed by atoms with Crippen LogP contribution < -0.4 is 4.74 Å². The van der Waals surface area contributed by atoms with E-state index in [1.165, 1.54) is 6.08 Å². The molecule has 0 heterocycles. The molecular formula is C17H15N3O2. The molecule has 0 saturated carbocycles. The number of para-hydroxylation sites is 1. The molecule has 0 spiro atoms. The molecule has 2 aromatic rings. The minimum atomic E-state index is -0.641. The fourth-order valence-electron chi connectivity index (χ4n) is 1.97. The molecule has 0 bridgehead atoms. The summed E-state index contributed by atoms with van der Waals surface area (Å²) in [5.41, 5.74) is 11.0. The zero-order valence-electron chi connectivity index (χ0n) is 12.1. The van der Waals surface area contributed by atoms with Crippen LogP contribution in [0.1, 0.15) is 16.7 Å². The Labute approximate surface area is 128 Å². The molecule has 0 unspecified atom stereocenters. The van der Waals surface area contributed by atoms with Crippen molar-refractivity contribution in [3.8, 4) is 5.75 Å². The molecule has 0 N–H and O–H groups in total. The summed E-state index contributed by atoms with van der Waals surface area (Å²) in [6.07, 6.45) is 2.81. The van der Waals surface area contributed by atoms with Crippen molar-refractivity contribution in [2.24, 2.45) is 5.11 Å². The highest BCUT2D eigenvalue weighted by Gasteiger charge is 2.05. The van der Waals surface area contributed by atoms with Crippen molar-refractivity contribution >= 4 is 12.0 Å². The fourth-order valence-corrected chi connectivity index (χ4v) is 1.97. The lowest BCUT2D eigenvalue weighted by molar-refractivity contribution is -0.113. The molecule has 2 rings (SSSR count). The van der Waals surface area contributed by atoms with Crippen LogP contribution in [-0.2, 0) is 11.4 Å². The summed E-state index contributed by atoms with van der Waals surface area (Å²) in [6.45, 7) is 2.38. The summed E-state index contributed by atoms with van der Waals surface area (Å²) in [7, 11) is 0. The highest BCUT2D eigenvalue weighted by molar-refractivity contribution is 5.92. The van der Waals surface area contributed by atoms with Gasteiger partial charge in [0.15, 0.2) is 0 Å². The van der Waals surface area contributed by atoms with Gasteiger partial charge in [0.1, 0.15) is 12.4 Å². The van der Waals surface area contributed by atoms with Crippen molar-refractivity contribution in [1.82, 2.24) is 0 Å². The van der Waals surface area contributed by atoms with Crippen molar-refractivity contribution < 1.29 is 9.53 Å². The van der Waals surface area contributed by atoms with E-state index in [1.807, 2.05) is 55.5 Å². The van der Waals surface area contributed by atoms with E-state index in [2.05, 4.69) is 10.0 Å². The van der Waals surface area contributed by atoms with E-state index < -0.39 is 5.91 Å². The summed E-state index contributed by atoms with van der Waals surface area (Å²) in [4.78, 5) is 13.7. The van der Waals surface area contributed by atoms with E-state index in [1.54, 1.807) is 6.08 Å². The Morgan fingerprint density at radius 3 is 2.73 bits per heavy atom. The van der Waals surface area contributed by atoms with Crippen molar-refractivity contribution in [2.45, 2.75) is 13.5 Å². The maximum Gasteiger partial charge on any atom is 0.242 e. The van der Waals surface area contributed by atoms with E-state index in [0.717, 1.165) is 16.7 Å². The number of benzene rings is 2. The number of carbonyl (C=O) groups excluding carboxylic acids is 1. The molecule has 0 radical (unpaired) electrons. The third-order valence-corrected chi connectivity index (χ3v) is 3.02. The summed E-state index contributed by atoms with van der Waals surface area (Å²) in [5, 5.41) is 3.00. The van der Waals surface area contributed by atoms with Gasteiger partial charge in [-0.25, -0.2) is 0 Å². The Bertz CT molecular complexity index is 733. The van der Waals surface area contributed by atoms with E-state index >= 15 is 0 Å².